The average molecular weight is 404 g/mol. The summed E-state index contributed by atoms with van der Waals surface area (Å²) in [5.74, 6) is -0.852. The van der Waals surface area contributed by atoms with E-state index in [9.17, 15) is 13.6 Å². The molecule has 2 aromatic carbocycles. The number of methoxy groups -OCH3 is 1. The van der Waals surface area contributed by atoms with Gasteiger partial charge in [0.1, 0.15) is 24.0 Å². The SMILES string of the molecule is CC.COc1cc(-c2cccc(F)c2)c(F)cc1N1C(=O)COC2CNCCC21. The molecule has 0 saturated carbocycles. The lowest BCUT2D eigenvalue weighted by Gasteiger charge is -2.44. The molecule has 1 amide bonds. The fraction of sp³-hybridized carbons (Fsp3) is 0.409. The van der Waals surface area contributed by atoms with Gasteiger partial charge >= 0.3 is 0 Å². The van der Waals surface area contributed by atoms with Crippen LogP contribution in [0.4, 0.5) is 14.5 Å². The standard InChI is InChI=1S/C20H20F2N2O3.C2H6/c1-26-18-8-14(12-3-2-4-13(21)7-12)15(22)9-17(18)24-16-5-6-23-10-19(16)27-11-20(24)25;1-2/h2-4,7-9,16,19,23H,5-6,10-11H2,1H3;1-2H3. The van der Waals surface area contributed by atoms with E-state index >= 15 is 0 Å². The predicted octanol–water partition coefficient (Wildman–Crippen LogP) is 3.76. The Hall–Kier alpha value is -2.51. The number of hydrogen-bond acceptors (Lipinski definition) is 4. The van der Waals surface area contributed by atoms with Crippen LogP contribution in [-0.4, -0.2) is 44.9 Å². The van der Waals surface area contributed by atoms with Crippen molar-refractivity contribution in [2.75, 3.05) is 31.7 Å². The third-order valence-corrected chi connectivity index (χ3v) is 5.08. The number of ether oxygens (including phenoxy) is 2. The molecule has 7 heteroatoms. The Kier molecular flexibility index (Phi) is 6.82. The fourth-order valence-electron chi connectivity index (χ4n) is 3.80. The summed E-state index contributed by atoms with van der Waals surface area (Å²) in [5.41, 5.74) is 1.00. The number of carbonyl (C=O) groups excluding carboxylic acids is 1. The van der Waals surface area contributed by atoms with Gasteiger partial charge in [-0.25, -0.2) is 8.78 Å². The predicted molar refractivity (Wildman–Crippen MR) is 108 cm³/mol. The molecular formula is C22H26F2N2O3. The highest BCUT2D eigenvalue weighted by atomic mass is 19.1. The van der Waals surface area contributed by atoms with Gasteiger partial charge in [-0.05, 0) is 36.7 Å². The number of halogens is 2. The van der Waals surface area contributed by atoms with Gasteiger partial charge in [0, 0.05) is 18.2 Å². The Bertz CT molecular complexity index is 875. The van der Waals surface area contributed by atoms with Crippen molar-refractivity contribution in [3.63, 3.8) is 0 Å². The number of morpholine rings is 1. The van der Waals surface area contributed by atoms with Crippen LogP contribution >= 0.6 is 0 Å². The Morgan fingerprint density at radius 2 is 2.00 bits per heavy atom. The van der Waals surface area contributed by atoms with Gasteiger partial charge in [-0.1, -0.05) is 26.0 Å². The molecule has 2 aromatic rings. The lowest BCUT2D eigenvalue weighted by atomic mass is 9.97. The molecule has 2 saturated heterocycles. The van der Waals surface area contributed by atoms with Gasteiger partial charge in [0.05, 0.1) is 24.9 Å². The van der Waals surface area contributed by atoms with E-state index in [0.717, 1.165) is 6.54 Å². The second kappa shape index (κ2) is 9.33. The van der Waals surface area contributed by atoms with Crippen LogP contribution < -0.4 is 15.0 Å². The molecule has 0 spiro atoms. The zero-order chi connectivity index (χ0) is 21.0. The third kappa shape index (κ3) is 4.26. The summed E-state index contributed by atoms with van der Waals surface area (Å²) in [4.78, 5) is 14.2. The van der Waals surface area contributed by atoms with Gasteiger partial charge in [0.2, 0.25) is 0 Å². The van der Waals surface area contributed by atoms with Crippen molar-refractivity contribution in [3.8, 4) is 16.9 Å². The van der Waals surface area contributed by atoms with Gasteiger partial charge in [0.15, 0.2) is 0 Å². The van der Waals surface area contributed by atoms with Crippen molar-refractivity contribution in [1.29, 1.82) is 0 Å². The number of nitrogens with zero attached hydrogens (tertiary/aromatic N) is 1. The quantitative estimate of drug-likeness (QED) is 0.846. The van der Waals surface area contributed by atoms with Crippen molar-refractivity contribution < 1.29 is 23.0 Å². The van der Waals surface area contributed by atoms with E-state index < -0.39 is 11.6 Å². The first-order valence-corrected chi connectivity index (χ1v) is 9.86. The fourth-order valence-corrected chi connectivity index (χ4v) is 3.80. The molecule has 156 valence electrons. The van der Waals surface area contributed by atoms with E-state index in [-0.39, 0.29) is 30.2 Å². The zero-order valence-corrected chi connectivity index (χ0v) is 16.9. The van der Waals surface area contributed by atoms with Gasteiger partial charge in [-0.15, -0.1) is 0 Å². The molecular weight excluding hydrogens is 378 g/mol. The number of amides is 1. The minimum Gasteiger partial charge on any atom is -0.495 e. The first-order chi connectivity index (χ1) is 14.1. The molecule has 2 aliphatic rings. The van der Waals surface area contributed by atoms with Crippen LogP contribution in [0.5, 0.6) is 5.75 Å². The molecule has 0 aromatic heterocycles. The Morgan fingerprint density at radius 3 is 2.72 bits per heavy atom. The summed E-state index contributed by atoms with van der Waals surface area (Å²) in [6.07, 6.45) is 0.555. The highest BCUT2D eigenvalue weighted by Crippen LogP contribution is 2.39. The molecule has 29 heavy (non-hydrogen) atoms. The van der Waals surface area contributed by atoms with E-state index in [0.29, 0.717) is 30.0 Å². The molecule has 5 nitrogen and oxygen atoms in total. The van der Waals surface area contributed by atoms with E-state index in [1.807, 2.05) is 13.8 Å². The summed E-state index contributed by atoms with van der Waals surface area (Å²) in [7, 11) is 1.47. The van der Waals surface area contributed by atoms with Crippen molar-refractivity contribution in [2.24, 2.45) is 0 Å². The number of fused-ring (bicyclic) bond motifs is 1. The summed E-state index contributed by atoms with van der Waals surface area (Å²) in [6, 6.07) is 8.34. The zero-order valence-electron chi connectivity index (χ0n) is 16.9. The van der Waals surface area contributed by atoms with Crippen LogP contribution in [0.2, 0.25) is 0 Å². The summed E-state index contributed by atoms with van der Waals surface area (Å²) >= 11 is 0. The normalized spacial score (nSPS) is 21.1. The second-order valence-corrected chi connectivity index (χ2v) is 6.69. The maximum atomic E-state index is 14.9. The van der Waals surface area contributed by atoms with Crippen LogP contribution in [0.25, 0.3) is 11.1 Å². The average Bonchev–Trinajstić information content (AvgIpc) is 2.75. The van der Waals surface area contributed by atoms with Crippen LogP contribution in [0, 0.1) is 11.6 Å². The van der Waals surface area contributed by atoms with Crippen LogP contribution in [0.3, 0.4) is 0 Å². The summed E-state index contributed by atoms with van der Waals surface area (Å²) in [5, 5.41) is 3.24. The summed E-state index contributed by atoms with van der Waals surface area (Å²) < 4.78 is 39.6. The van der Waals surface area contributed by atoms with Gasteiger partial charge in [0.25, 0.3) is 5.91 Å². The smallest absolute Gasteiger partial charge is 0.253 e. The molecule has 4 rings (SSSR count). The number of anilines is 1. The molecule has 2 fully saturated rings. The number of nitrogens with one attached hydrogen (secondary N) is 1. The third-order valence-electron chi connectivity index (χ3n) is 5.08. The Morgan fingerprint density at radius 1 is 1.21 bits per heavy atom. The first-order valence-electron chi connectivity index (χ1n) is 9.86. The van der Waals surface area contributed by atoms with Crippen molar-refractivity contribution in [2.45, 2.75) is 32.4 Å². The van der Waals surface area contributed by atoms with Gasteiger partial charge < -0.3 is 19.7 Å². The number of carbonyl (C=O) groups is 1. The Balaban J connectivity index is 0.00000117. The molecule has 2 aliphatic heterocycles. The minimum absolute atomic E-state index is 0.0563. The molecule has 2 unspecified atom stereocenters. The molecule has 2 atom stereocenters. The lowest BCUT2D eigenvalue weighted by Crippen LogP contribution is -2.61. The van der Waals surface area contributed by atoms with Gasteiger partial charge in [-0.2, -0.15) is 0 Å². The van der Waals surface area contributed by atoms with Crippen LogP contribution in [-0.2, 0) is 9.53 Å². The van der Waals surface area contributed by atoms with Crippen LogP contribution in [0.1, 0.15) is 20.3 Å². The summed E-state index contributed by atoms with van der Waals surface area (Å²) in [6.45, 7) is 5.33. The topological polar surface area (TPSA) is 50.8 Å². The largest absolute Gasteiger partial charge is 0.495 e. The van der Waals surface area contributed by atoms with Crippen molar-refractivity contribution in [3.05, 3.63) is 48.0 Å². The molecule has 0 aliphatic carbocycles. The highest BCUT2D eigenvalue weighted by molar-refractivity contribution is 5.97. The second-order valence-electron chi connectivity index (χ2n) is 6.69. The Labute approximate surface area is 169 Å². The molecule has 2 heterocycles. The molecule has 1 N–H and O–H groups in total. The minimum atomic E-state index is -0.541. The number of piperidine rings is 1. The maximum Gasteiger partial charge on any atom is 0.253 e. The maximum absolute atomic E-state index is 14.9. The van der Waals surface area contributed by atoms with Gasteiger partial charge in [-0.3, -0.25) is 4.79 Å². The lowest BCUT2D eigenvalue weighted by molar-refractivity contribution is -0.133. The van der Waals surface area contributed by atoms with Crippen LogP contribution in [0.15, 0.2) is 36.4 Å². The van der Waals surface area contributed by atoms with E-state index in [1.165, 1.54) is 37.4 Å². The van der Waals surface area contributed by atoms with Crippen molar-refractivity contribution >= 4 is 11.6 Å². The number of hydrogen-bond donors (Lipinski definition) is 1. The molecule has 0 bridgehead atoms. The number of benzene rings is 2. The highest BCUT2D eigenvalue weighted by Gasteiger charge is 2.40. The van der Waals surface area contributed by atoms with E-state index in [4.69, 9.17) is 9.47 Å². The number of rotatable bonds is 3. The first kappa shape index (κ1) is 21.2. The van der Waals surface area contributed by atoms with E-state index in [1.54, 1.807) is 11.0 Å². The molecule has 0 radical (unpaired) electrons. The van der Waals surface area contributed by atoms with E-state index in [2.05, 4.69) is 5.32 Å². The monoisotopic (exact) mass is 404 g/mol. The van der Waals surface area contributed by atoms with Crippen molar-refractivity contribution in [1.82, 2.24) is 5.32 Å².